The number of carbonyl (C=O) groups is 1. The molecule has 0 aromatic heterocycles. The molecule has 4 heteroatoms. The van der Waals surface area contributed by atoms with E-state index in [1.165, 1.54) is 11.3 Å². The molecular weight excluding hydrogens is 250 g/mol. The summed E-state index contributed by atoms with van der Waals surface area (Å²) in [6.45, 7) is 11.2. The van der Waals surface area contributed by atoms with Crippen LogP contribution in [0.25, 0.3) is 0 Å². The van der Waals surface area contributed by atoms with Gasteiger partial charge in [0.25, 0.3) is 0 Å². The Morgan fingerprint density at radius 2 is 1.70 bits per heavy atom. The average Bonchev–Trinajstić information content (AvgIpc) is 2.49. The maximum absolute atomic E-state index is 12.3. The van der Waals surface area contributed by atoms with Crippen molar-refractivity contribution in [3.63, 3.8) is 0 Å². The van der Waals surface area contributed by atoms with Gasteiger partial charge in [-0.1, -0.05) is 18.2 Å². The van der Waals surface area contributed by atoms with Crippen LogP contribution >= 0.6 is 0 Å². The maximum Gasteiger partial charge on any atom is 0.320 e. The minimum Gasteiger partial charge on any atom is -0.368 e. The van der Waals surface area contributed by atoms with E-state index in [1.807, 2.05) is 23.6 Å². The Labute approximate surface area is 122 Å². The first kappa shape index (κ1) is 14.7. The zero-order chi connectivity index (χ0) is 14.5. The Morgan fingerprint density at radius 3 is 2.25 bits per heavy atom. The van der Waals surface area contributed by atoms with Gasteiger partial charge in [0.15, 0.2) is 0 Å². The third-order valence-electron chi connectivity index (χ3n) is 4.04. The normalized spacial score (nSPS) is 15.3. The van der Waals surface area contributed by atoms with Gasteiger partial charge < -0.3 is 14.7 Å². The molecule has 2 amide bonds. The summed E-state index contributed by atoms with van der Waals surface area (Å²) in [6.07, 6.45) is 0. The van der Waals surface area contributed by atoms with E-state index in [1.54, 1.807) is 0 Å². The van der Waals surface area contributed by atoms with E-state index in [0.29, 0.717) is 0 Å². The molecule has 0 saturated carbocycles. The number of carbonyl (C=O) groups excluding carboxylic acids is 1. The fourth-order valence-electron chi connectivity index (χ4n) is 2.75. The molecule has 1 aromatic rings. The van der Waals surface area contributed by atoms with E-state index in [4.69, 9.17) is 0 Å². The van der Waals surface area contributed by atoms with Crippen LogP contribution in [-0.2, 0) is 0 Å². The Kier molecular flexibility index (Phi) is 4.88. The number of benzene rings is 1. The summed E-state index contributed by atoms with van der Waals surface area (Å²) >= 11 is 0. The van der Waals surface area contributed by atoms with Crippen molar-refractivity contribution in [2.45, 2.75) is 20.8 Å². The number of amides is 2. The Morgan fingerprint density at radius 1 is 1.10 bits per heavy atom. The minimum atomic E-state index is 0.180. The summed E-state index contributed by atoms with van der Waals surface area (Å²) in [5.74, 6) is 0. The SMILES string of the molecule is CCN(CC)C(=O)N1CCN(c2ccccc2C)CC1. The molecule has 0 aliphatic carbocycles. The van der Waals surface area contributed by atoms with Crippen LogP contribution in [0.5, 0.6) is 0 Å². The number of piperazine rings is 1. The van der Waals surface area contributed by atoms with Crippen LogP contribution < -0.4 is 4.90 Å². The monoisotopic (exact) mass is 275 g/mol. The van der Waals surface area contributed by atoms with E-state index >= 15 is 0 Å². The van der Waals surface area contributed by atoms with Crippen LogP contribution in [0.3, 0.4) is 0 Å². The highest BCUT2D eigenvalue weighted by Crippen LogP contribution is 2.21. The lowest BCUT2D eigenvalue weighted by Gasteiger charge is -2.38. The number of nitrogens with zero attached hydrogens (tertiary/aromatic N) is 3. The Balaban J connectivity index is 1.96. The van der Waals surface area contributed by atoms with Gasteiger partial charge in [-0.25, -0.2) is 4.79 Å². The number of aryl methyl sites for hydroxylation is 1. The molecule has 1 aliphatic heterocycles. The highest BCUT2D eigenvalue weighted by molar-refractivity contribution is 5.74. The van der Waals surface area contributed by atoms with Gasteiger partial charge in [-0.2, -0.15) is 0 Å². The zero-order valence-electron chi connectivity index (χ0n) is 12.8. The number of rotatable bonds is 3. The summed E-state index contributed by atoms with van der Waals surface area (Å²) in [6, 6.07) is 8.63. The number of hydrogen-bond acceptors (Lipinski definition) is 2. The molecule has 1 heterocycles. The van der Waals surface area contributed by atoms with Gasteiger partial charge in [0.05, 0.1) is 0 Å². The van der Waals surface area contributed by atoms with Crippen molar-refractivity contribution < 1.29 is 4.79 Å². The van der Waals surface area contributed by atoms with Crippen molar-refractivity contribution in [2.24, 2.45) is 0 Å². The third kappa shape index (κ3) is 3.06. The highest BCUT2D eigenvalue weighted by atomic mass is 16.2. The highest BCUT2D eigenvalue weighted by Gasteiger charge is 2.24. The van der Waals surface area contributed by atoms with E-state index in [9.17, 15) is 4.79 Å². The molecule has 1 saturated heterocycles. The van der Waals surface area contributed by atoms with Crippen molar-refractivity contribution in [1.82, 2.24) is 9.80 Å². The quantitative estimate of drug-likeness (QED) is 0.847. The van der Waals surface area contributed by atoms with Crippen LogP contribution in [0.4, 0.5) is 10.5 Å². The second kappa shape index (κ2) is 6.64. The largest absolute Gasteiger partial charge is 0.368 e. The second-order valence-electron chi connectivity index (χ2n) is 5.22. The van der Waals surface area contributed by atoms with Crippen LogP contribution in [0.1, 0.15) is 19.4 Å². The fourth-order valence-corrected chi connectivity index (χ4v) is 2.75. The molecule has 20 heavy (non-hydrogen) atoms. The van der Waals surface area contributed by atoms with Crippen molar-refractivity contribution in [3.05, 3.63) is 29.8 Å². The fraction of sp³-hybridized carbons (Fsp3) is 0.562. The van der Waals surface area contributed by atoms with E-state index in [2.05, 4.69) is 36.1 Å². The predicted octanol–water partition coefficient (Wildman–Crippen LogP) is 2.58. The van der Waals surface area contributed by atoms with Gasteiger partial charge in [-0.3, -0.25) is 0 Å². The van der Waals surface area contributed by atoms with Crippen LogP contribution in [-0.4, -0.2) is 55.1 Å². The third-order valence-corrected chi connectivity index (χ3v) is 4.04. The molecule has 1 aromatic carbocycles. The van der Waals surface area contributed by atoms with Gasteiger partial charge in [0, 0.05) is 45.0 Å². The van der Waals surface area contributed by atoms with Gasteiger partial charge in [-0.15, -0.1) is 0 Å². The average molecular weight is 275 g/mol. The summed E-state index contributed by atoms with van der Waals surface area (Å²) in [5, 5.41) is 0. The lowest BCUT2D eigenvalue weighted by Crippen LogP contribution is -2.53. The zero-order valence-corrected chi connectivity index (χ0v) is 12.8. The first-order valence-corrected chi connectivity index (χ1v) is 7.51. The maximum atomic E-state index is 12.3. The van der Waals surface area contributed by atoms with Gasteiger partial charge in [0.2, 0.25) is 0 Å². The summed E-state index contributed by atoms with van der Waals surface area (Å²) in [7, 11) is 0. The number of urea groups is 1. The molecule has 0 radical (unpaired) electrons. The van der Waals surface area contributed by atoms with Crippen molar-refractivity contribution in [1.29, 1.82) is 0 Å². The predicted molar refractivity (Wildman–Crippen MR) is 83.3 cm³/mol. The second-order valence-corrected chi connectivity index (χ2v) is 5.22. The first-order chi connectivity index (χ1) is 9.67. The standard InChI is InChI=1S/C16H25N3O/c1-4-17(5-2)16(20)19-12-10-18(11-13-19)15-9-7-6-8-14(15)3/h6-9H,4-5,10-13H2,1-3H3. The van der Waals surface area contributed by atoms with Gasteiger partial charge in [-0.05, 0) is 32.4 Å². The summed E-state index contributed by atoms with van der Waals surface area (Å²) in [5.41, 5.74) is 2.60. The van der Waals surface area contributed by atoms with Crippen molar-refractivity contribution >= 4 is 11.7 Å². The summed E-state index contributed by atoms with van der Waals surface area (Å²) < 4.78 is 0. The lowest BCUT2D eigenvalue weighted by molar-refractivity contribution is 0.154. The molecule has 0 spiro atoms. The van der Waals surface area contributed by atoms with Crippen molar-refractivity contribution in [3.8, 4) is 0 Å². The van der Waals surface area contributed by atoms with Crippen molar-refractivity contribution in [2.75, 3.05) is 44.2 Å². The molecule has 1 aliphatic rings. The molecule has 0 bridgehead atoms. The first-order valence-electron chi connectivity index (χ1n) is 7.51. The number of hydrogen-bond donors (Lipinski definition) is 0. The molecule has 0 atom stereocenters. The smallest absolute Gasteiger partial charge is 0.320 e. The van der Waals surface area contributed by atoms with Crippen LogP contribution in [0.15, 0.2) is 24.3 Å². The number of para-hydroxylation sites is 1. The van der Waals surface area contributed by atoms with E-state index in [-0.39, 0.29) is 6.03 Å². The minimum absolute atomic E-state index is 0.180. The summed E-state index contributed by atoms with van der Waals surface area (Å²) in [4.78, 5) is 18.5. The molecule has 110 valence electrons. The molecule has 4 nitrogen and oxygen atoms in total. The van der Waals surface area contributed by atoms with E-state index in [0.717, 1.165) is 39.3 Å². The molecule has 1 fully saturated rings. The Hall–Kier alpha value is -1.71. The number of anilines is 1. The Bertz CT molecular complexity index is 449. The topological polar surface area (TPSA) is 26.8 Å². The van der Waals surface area contributed by atoms with E-state index < -0.39 is 0 Å². The molecule has 0 N–H and O–H groups in total. The molecule has 2 rings (SSSR count). The van der Waals surface area contributed by atoms with Gasteiger partial charge in [0.1, 0.15) is 0 Å². The van der Waals surface area contributed by atoms with Crippen LogP contribution in [0.2, 0.25) is 0 Å². The molecular formula is C16H25N3O. The molecule has 0 unspecified atom stereocenters. The van der Waals surface area contributed by atoms with Crippen LogP contribution in [0, 0.1) is 6.92 Å². The van der Waals surface area contributed by atoms with Gasteiger partial charge >= 0.3 is 6.03 Å². The lowest BCUT2D eigenvalue weighted by atomic mass is 10.1.